The van der Waals surface area contributed by atoms with Crippen molar-refractivity contribution in [1.82, 2.24) is 0 Å². The lowest BCUT2D eigenvalue weighted by Crippen LogP contribution is -2.21. The summed E-state index contributed by atoms with van der Waals surface area (Å²) in [5.74, 6) is -1.05. The first kappa shape index (κ1) is 23.4. The van der Waals surface area contributed by atoms with Gasteiger partial charge in [0, 0.05) is 0 Å². The summed E-state index contributed by atoms with van der Waals surface area (Å²) in [4.78, 5) is 37.4. The monoisotopic (exact) mass is 433 g/mol. The van der Waals surface area contributed by atoms with Crippen LogP contribution in [0.1, 0.15) is 58.9 Å². The molecule has 2 rings (SSSR count). The second kappa shape index (κ2) is 10.8. The summed E-state index contributed by atoms with van der Waals surface area (Å²) < 4.78 is 15.8. The highest BCUT2D eigenvalue weighted by atomic mass is 32.1. The summed E-state index contributed by atoms with van der Waals surface area (Å²) in [5.41, 5.74) is 1.73. The standard InChI is InChI=1S/C22H27NO6S/c1-6-15-8-10-16(11-9-15)28-12-17(24)23-20-18(21(25)27-7-2)14(5)19(30-20)22(26)29-13(3)4/h8-11,13H,6-7,12H2,1-5H3,(H,23,24). The van der Waals surface area contributed by atoms with E-state index < -0.39 is 17.8 Å². The van der Waals surface area contributed by atoms with E-state index in [1.54, 1.807) is 39.8 Å². The van der Waals surface area contributed by atoms with Gasteiger partial charge in [-0.2, -0.15) is 0 Å². The molecule has 1 aromatic carbocycles. The molecule has 2 aromatic rings. The van der Waals surface area contributed by atoms with Crippen LogP contribution in [0.2, 0.25) is 0 Å². The molecule has 1 heterocycles. The van der Waals surface area contributed by atoms with Crippen molar-refractivity contribution in [3.05, 3.63) is 45.8 Å². The number of hydrogen-bond acceptors (Lipinski definition) is 7. The van der Waals surface area contributed by atoms with E-state index in [1.165, 1.54) is 5.56 Å². The van der Waals surface area contributed by atoms with Gasteiger partial charge in [-0.3, -0.25) is 4.79 Å². The molecule has 7 nitrogen and oxygen atoms in total. The maximum absolute atomic E-state index is 12.4. The summed E-state index contributed by atoms with van der Waals surface area (Å²) in [5, 5.41) is 2.89. The molecule has 0 saturated carbocycles. The summed E-state index contributed by atoms with van der Waals surface area (Å²) in [6.45, 7) is 8.77. The average Bonchev–Trinajstić information content (AvgIpc) is 3.02. The zero-order valence-corrected chi connectivity index (χ0v) is 18.7. The average molecular weight is 434 g/mol. The number of amides is 1. The normalized spacial score (nSPS) is 10.6. The van der Waals surface area contributed by atoms with Gasteiger partial charge in [0.05, 0.1) is 18.3 Å². The number of ether oxygens (including phenoxy) is 3. The first-order valence-corrected chi connectivity index (χ1v) is 10.6. The number of benzene rings is 1. The Balaban J connectivity index is 2.17. The third kappa shape index (κ3) is 6.06. The number of anilines is 1. The van der Waals surface area contributed by atoms with Gasteiger partial charge >= 0.3 is 11.9 Å². The molecule has 0 unspecified atom stereocenters. The molecular weight excluding hydrogens is 406 g/mol. The molecule has 0 atom stereocenters. The van der Waals surface area contributed by atoms with Gasteiger partial charge in [-0.1, -0.05) is 19.1 Å². The summed E-state index contributed by atoms with van der Waals surface area (Å²) in [6.07, 6.45) is 0.604. The molecule has 162 valence electrons. The Morgan fingerprint density at radius 1 is 1.07 bits per heavy atom. The van der Waals surface area contributed by atoms with E-state index in [9.17, 15) is 14.4 Å². The Bertz CT molecular complexity index is 901. The molecule has 0 aliphatic heterocycles. The Labute approximate surface area is 180 Å². The quantitative estimate of drug-likeness (QED) is 0.590. The third-order valence-electron chi connectivity index (χ3n) is 4.11. The summed E-state index contributed by atoms with van der Waals surface area (Å²) in [7, 11) is 0. The molecule has 0 aliphatic carbocycles. The van der Waals surface area contributed by atoms with Crippen molar-refractivity contribution in [2.45, 2.75) is 47.1 Å². The number of thiophene rings is 1. The lowest BCUT2D eigenvalue weighted by molar-refractivity contribution is -0.118. The first-order valence-electron chi connectivity index (χ1n) is 9.79. The Kier molecular flexibility index (Phi) is 8.41. The van der Waals surface area contributed by atoms with Gasteiger partial charge in [-0.25, -0.2) is 9.59 Å². The molecular formula is C22H27NO6S. The van der Waals surface area contributed by atoms with Gasteiger partial charge in [0.25, 0.3) is 5.91 Å². The molecule has 1 amide bonds. The zero-order chi connectivity index (χ0) is 22.3. The minimum atomic E-state index is -0.610. The van der Waals surface area contributed by atoms with Crippen molar-refractivity contribution >= 4 is 34.2 Å². The van der Waals surface area contributed by atoms with Gasteiger partial charge in [-0.15, -0.1) is 11.3 Å². The van der Waals surface area contributed by atoms with Crippen LogP contribution >= 0.6 is 11.3 Å². The second-order valence-electron chi connectivity index (χ2n) is 6.77. The molecule has 0 spiro atoms. The molecule has 0 radical (unpaired) electrons. The molecule has 0 fully saturated rings. The van der Waals surface area contributed by atoms with Gasteiger partial charge in [-0.05, 0) is 57.4 Å². The number of carbonyl (C=O) groups excluding carboxylic acids is 3. The van der Waals surface area contributed by atoms with Gasteiger partial charge < -0.3 is 19.5 Å². The highest BCUT2D eigenvalue weighted by Crippen LogP contribution is 2.34. The predicted molar refractivity (Wildman–Crippen MR) is 116 cm³/mol. The van der Waals surface area contributed by atoms with Gasteiger partial charge in [0.15, 0.2) is 6.61 Å². The van der Waals surface area contributed by atoms with Crippen LogP contribution < -0.4 is 10.1 Å². The maximum atomic E-state index is 12.4. The smallest absolute Gasteiger partial charge is 0.348 e. The number of rotatable bonds is 9. The van der Waals surface area contributed by atoms with Crippen molar-refractivity contribution in [2.24, 2.45) is 0 Å². The molecule has 0 saturated heterocycles. The fourth-order valence-corrected chi connectivity index (χ4v) is 3.74. The maximum Gasteiger partial charge on any atom is 0.348 e. The van der Waals surface area contributed by atoms with Crippen LogP contribution in [0, 0.1) is 6.92 Å². The van der Waals surface area contributed by atoms with Crippen molar-refractivity contribution in [2.75, 3.05) is 18.5 Å². The van der Waals surface area contributed by atoms with E-state index in [0.717, 1.165) is 17.8 Å². The molecule has 30 heavy (non-hydrogen) atoms. The van der Waals surface area contributed by atoms with E-state index in [0.29, 0.717) is 11.3 Å². The van der Waals surface area contributed by atoms with Crippen LogP contribution in [0.4, 0.5) is 5.00 Å². The topological polar surface area (TPSA) is 90.9 Å². The molecule has 0 bridgehead atoms. The van der Waals surface area contributed by atoms with E-state index in [2.05, 4.69) is 12.2 Å². The van der Waals surface area contributed by atoms with Crippen LogP contribution in [0.5, 0.6) is 5.75 Å². The number of aryl methyl sites for hydroxylation is 1. The first-order chi connectivity index (χ1) is 14.3. The minimum Gasteiger partial charge on any atom is -0.484 e. The van der Waals surface area contributed by atoms with Gasteiger partial charge in [0.2, 0.25) is 0 Å². The van der Waals surface area contributed by atoms with Crippen molar-refractivity contribution in [1.29, 1.82) is 0 Å². The van der Waals surface area contributed by atoms with E-state index in [4.69, 9.17) is 14.2 Å². The SMILES string of the molecule is CCOC(=O)c1c(NC(=O)COc2ccc(CC)cc2)sc(C(=O)OC(C)C)c1C. The summed E-state index contributed by atoms with van der Waals surface area (Å²) >= 11 is 0.982. The van der Waals surface area contributed by atoms with E-state index in [1.807, 2.05) is 12.1 Å². The fraction of sp³-hybridized carbons (Fsp3) is 0.409. The van der Waals surface area contributed by atoms with E-state index >= 15 is 0 Å². The third-order valence-corrected chi connectivity index (χ3v) is 5.30. The van der Waals surface area contributed by atoms with Crippen molar-refractivity contribution in [3.63, 3.8) is 0 Å². The lowest BCUT2D eigenvalue weighted by atomic mass is 10.1. The predicted octanol–water partition coefficient (Wildman–Crippen LogP) is 4.38. The van der Waals surface area contributed by atoms with Crippen LogP contribution in [-0.2, 0) is 20.7 Å². The number of carbonyl (C=O) groups is 3. The van der Waals surface area contributed by atoms with Gasteiger partial charge in [0.1, 0.15) is 15.6 Å². The summed E-state index contributed by atoms with van der Waals surface area (Å²) in [6, 6.07) is 7.46. The Morgan fingerprint density at radius 2 is 1.73 bits per heavy atom. The number of hydrogen-bond donors (Lipinski definition) is 1. The highest BCUT2D eigenvalue weighted by molar-refractivity contribution is 7.18. The van der Waals surface area contributed by atoms with Crippen LogP contribution in [-0.4, -0.2) is 37.2 Å². The van der Waals surface area contributed by atoms with Crippen LogP contribution in [0.25, 0.3) is 0 Å². The minimum absolute atomic E-state index is 0.151. The fourth-order valence-electron chi connectivity index (χ4n) is 2.65. The molecule has 0 aliphatic rings. The molecule has 8 heteroatoms. The lowest BCUT2D eigenvalue weighted by Gasteiger charge is -2.09. The number of nitrogens with one attached hydrogen (secondary N) is 1. The van der Waals surface area contributed by atoms with Crippen molar-refractivity contribution < 1.29 is 28.6 Å². The van der Waals surface area contributed by atoms with Crippen molar-refractivity contribution in [3.8, 4) is 5.75 Å². The Morgan fingerprint density at radius 3 is 2.30 bits per heavy atom. The second-order valence-corrected chi connectivity index (χ2v) is 7.79. The molecule has 1 N–H and O–H groups in total. The number of esters is 2. The highest BCUT2D eigenvalue weighted by Gasteiger charge is 2.27. The zero-order valence-electron chi connectivity index (χ0n) is 17.9. The largest absolute Gasteiger partial charge is 0.484 e. The van der Waals surface area contributed by atoms with E-state index in [-0.39, 0.29) is 34.8 Å². The Hall–Kier alpha value is -2.87. The molecule has 1 aromatic heterocycles. The van der Waals surface area contributed by atoms with Crippen LogP contribution in [0.15, 0.2) is 24.3 Å². The van der Waals surface area contributed by atoms with Crippen LogP contribution in [0.3, 0.4) is 0 Å².